The summed E-state index contributed by atoms with van der Waals surface area (Å²) in [4.78, 5) is 48.0. The van der Waals surface area contributed by atoms with Crippen molar-refractivity contribution in [3.63, 3.8) is 0 Å². The van der Waals surface area contributed by atoms with Crippen LogP contribution in [0, 0.1) is 46.3 Å². The highest BCUT2D eigenvalue weighted by Gasteiger charge is 2.68. The minimum absolute atomic E-state index is 0.0143. The van der Waals surface area contributed by atoms with Gasteiger partial charge in [0.25, 0.3) is 0 Å². The van der Waals surface area contributed by atoms with Gasteiger partial charge in [0.05, 0.1) is 7.11 Å². The van der Waals surface area contributed by atoms with Crippen molar-refractivity contribution in [1.82, 2.24) is 0 Å². The van der Waals surface area contributed by atoms with Crippen LogP contribution in [0.1, 0.15) is 92.4 Å². The maximum absolute atomic E-state index is 13.6. The molecular weight excluding hydrogens is 695 g/mol. The Bertz CT molecular complexity index is 1250. The lowest BCUT2D eigenvalue weighted by molar-refractivity contribution is -0.251. The zero-order chi connectivity index (χ0) is 38.2. The molecule has 0 aromatic rings. The largest absolute Gasteiger partial charge is 0.490 e. The van der Waals surface area contributed by atoms with Crippen molar-refractivity contribution in [2.24, 2.45) is 46.3 Å². The summed E-state index contributed by atoms with van der Waals surface area (Å²) in [5.41, 5.74) is -2.17. The first-order valence-electron chi connectivity index (χ1n) is 16.8. The molecule has 4 saturated carbocycles. The number of hydrogen-bond acceptors (Lipinski definition) is 8. The number of esters is 4. The van der Waals surface area contributed by atoms with Crippen molar-refractivity contribution < 1.29 is 77.6 Å². The van der Waals surface area contributed by atoms with Gasteiger partial charge in [-0.3, -0.25) is 4.79 Å². The maximum Gasteiger partial charge on any atom is 0.490 e. The predicted octanol–water partition coefficient (Wildman–Crippen LogP) is 7.90. The second-order valence-electron chi connectivity index (χ2n) is 14.2. The predicted molar refractivity (Wildman–Crippen MR) is 156 cm³/mol. The van der Waals surface area contributed by atoms with Gasteiger partial charge in [-0.1, -0.05) is 34.6 Å². The molecule has 4 aliphatic carbocycles. The second kappa shape index (κ2) is 15.1. The minimum Gasteiger partial charge on any atom is -0.469 e. The van der Waals surface area contributed by atoms with Gasteiger partial charge in [-0.25, -0.2) is 14.4 Å². The molecule has 17 heteroatoms. The number of fused-ring (bicyclic) bond motifs is 5. The average molecular weight is 741 g/mol. The number of halogens is 9. The van der Waals surface area contributed by atoms with Crippen LogP contribution in [0.15, 0.2) is 0 Å². The Balaban J connectivity index is 0.00000332. The molecule has 0 aromatic carbocycles. The van der Waals surface area contributed by atoms with Crippen LogP contribution in [0.5, 0.6) is 0 Å². The first-order chi connectivity index (χ1) is 22.9. The first-order valence-corrected chi connectivity index (χ1v) is 16.8. The van der Waals surface area contributed by atoms with Crippen molar-refractivity contribution >= 4 is 23.9 Å². The molecule has 11 atom stereocenters. The standard InChI is InChI=1S/C31H39F9O8.C2H6/c1-14(5-8-22(41)45-4)17-6-7-18-23-19(13-21(28(17,18)3)48-26(44)31(38,39)40)27(2)10-9-16(46-24(42)29(32,33)34)11-15(27)12-20(23)47-25(43)30(35,36)37;1-2/h14-21,23H,5-13H2,1-4H3;1-2H3. The van der Waals surface area contributed by atoms with Gasteiger partial charge < -0.3 is 18.9 Å². The van der Waals surface area contributed by atoms with Crippen LogP contribution in [0.3, 0.4) is 0 Å². The third kappa shape index (κ3) is 8.31. The van der Waals surface area contributed by atoms with Crippen LogP contribution in [-0.4, -0.2) is 67.8 Å². The average Bonchev–Trinajstić information content (AvgIpc) is 3.38. The zero-order valence-corrected chi connectivity index (χ0v) is 28.7. The van der Waals surface area contributed by atoms with Gasteiger partial charge in [0.15, 0.2) is 0 Å². The lowest BCUT2D eigenvalue weighted by atomic mass is 9.43. The third-order valence-electron chi connectivity index (χ3n) is 11.9. The Morgan fingerprint density at radius 2 is 1.28 bits per heavy atom. The van der Waals surface area contributed by atoms with Crippen LogP contribution in [0.25, 0.3) is 0 Å². The van der Waals surface area contributed by atoms with Crippen LogP contribution >= 0.6 is 0 Å². The second-order valence-corrected chi connectivity index (χ2v) is 14.2. The molecule has 0 aliphatic heterocycles. The van der Waals surface area contributed by atoms with E-state index in [1.165, 1.54) is 7.11 Å². The Labute approximate surface area is 284 Å². The minimum atomic E-state index is -5.39. The van der Waals surface area contributed by atoms with Gasteiger partial charge in [-0.15, -0.1) is 0 Å². The quantitative estimate of drug-likeness (QED) is 0.147. The fourth-order valence-corrected chi connectivity index (χ4v) is 9.74. The molecule has 0 bridgehead atoms. The van der Waals surface area contributed by atoms with E-state index in [2.05, 4.69) is 4.74 Å². The van der Waals surface area contributed by atoms with Crippen molar-refractivity contribution in [3.8, 4) is 0 Å². The molecule has 0 amide bonds. The van der Waals surface area contributed by atoms with Crippen molar-refractivity contribution in [1.29, 1.82) is 0 Å². The number of alkyl halides is 9. The number of rotatable bonds is 7. The molecule has 0 heterocycles. The molecule has 0 spiro atoms. The molecule has 0 radical (unpaired) electrons. The molecule has 50 heavy (non-hydrogen) atoms. The van der Waals surface area contributed by atoms with Crippen LogP contribution in [-0.2, 0) is 38.1 Å². The SMILES string of the molecule is CC.COC(=O)CCC(C)C1CCC2C3C(OC(=O)C(F)(F)F)CC4CC(OC(=O)C(F)(F)F)CCC4(C)C3CC(OC(=O)C(F)(F)F)C12C. The number of hydrogen-bond donors (Lipinski definition) is 0. The summed E-state index contributed by atoms with van der Waals surface area (Å²) in [6.07, 6.45) is -19.9. The zero-order valence-electron chi connectivity index (χ0n) is 28.7. The summed E-state index contributed by atoms with van der Waals surface area (Å²) in [5.74, 6) is -11.8. The molecule has 0 aromatic heterocycles. The maximum atomic E-state index is 13.6. The Kier molecular flexibility index (Phi) is 12.6. The summed E-state index contributed by atoms with van der Waals surface area (Å²) in [6.45, 7) is 9.13. The van der Waals surface area contributed by atoms with Crippen molar-refractivity contribution in [2.75, 3.05) is 7.11 Å². The molecule has 4 fully saturated rings. The van der Waals surface area contributed by atoms with Crippen molar-refractivity contribution in [2.45, 2.75) is 129 Å². The lowest BCUT2D eigenvalue weighted by Gasteiger charge is -2.64. The van der Waals surface area contributed by atoms with E-state index in [0.29, 0.717) is 6.42 Å². The van der Waals surface area contributed by atoms with E-state index < -0.39 is 101 Å². The highest BCUT2D eigenvalue weighted by atomic mass is 19.4. The summed E-state index contributed by atoms with van der Waals surface area (Å²) >= 11 is 0. The molecule has 288 valence electrons. The monoisotopic (exact) mass is 740 g/mol. The molecule has 11 unspecified atom stereocenters. The molecule has 0 N–H and O–H groups in total. The van der Waals surface area contributed by atoms with Gasteiger partial charge in [0.2, 0.25) is 0 Å². The number of carbonyl (C=O) groups excluding carboxylic acids is 4. The van der Waals surface area contributed by atoms with Gasteiger partial charge >= 0.3 is 42.4 Å². The van der Waals surface area contributed by atoms with Crippen molar-refractivity contribution in [3.05, 3.63) is 0 Å². The topological polar surface area (TPSA) is 105 Å². The Morgan fingerprint density at radius 3 is 1.82 bits per heavy atom. The van der Waals surface area contributed by atoms with Crippen LogP contribution < -0.4 is 0 Å². The molecular formula is C33H45F9O8. The van der Waals surface area contributed by atoms with Gasteiger partial charge in [-0.05, 0) is 86.4 Å². The fraction of sp³-hybridized carbons (Fsp3) is 0.879. The lowest BCUT2D eigenvalue weighted by Crippen LogP contribution is -2.64. The summed E-state index contributed by atoms with van der Waals surface area (Å²) in [7, 11) is 1.20. The summed E-state index contributed by atoms with van der Waals surface area (Å²) in [6, 6.07) is 0. The summed E-state index contributed by atoms with van der Waals surface area (Å²) < 4.78 is 140. The Hall–Kier alpha value is -2.75. The van der Waals surface area contributed by atoms with E-state index in [9.17, 15) is 58.7 Å². The van der Waals surface area contributed by atoms with E-state index in [1.807, 2.05) is 13.8 Å². The smallest absolute Gasteiger partial charge is 0.469 e. The molecule has 4 rings (SSSR count). The number of ether oxygens (including phenoxy) is 4. The van der Waals surface area contributed by atoms with Gasteiger partial charge in [0, 0.05) is 17.8 Å². The Morgan fingerprint density at radius 1 is 0.740 bits per heavy atom. The van der Waals surface area contributed by atoms with Gasteiger partial charge in [-0.2, -0.15) is 39.5 Å². The molecule has 4 aliphatic rings. The van der Waals surface area contributed by atoms with E-state index in [4.69, 9.17) is 14.2 Å². The van der Waals surface area contributed by atoms with Gasteiger partial charge in [0.1, 0.15) is 18.3 Å². The van der Waals surface area contributed by atoms with Crippen LogP contribution in [0.4, 0.5) is 39.5 Å². The van der Waals surface area contributed by atoms with E-state index in [-0.39, 0.29) is 57.3 Å². The molecule has 8 nitrogen and oxygen atoms in total. The third-order valence-corrected chi connectivity index (χ3v) is 11.9. The normalized spacial score (nSPS) is 35.9. The van der Waals surface area contributed by atoms with Crippen LogP contribution in [0.2, 0.25) is 0 Å². The highest BCUT2D eigenvalue weighted by molar-refractivity contribution is 5.76. The van der Waals surface area contributed by atoms with E-state index in [0.717, 1.165) is 0 Å². The number of methoxy groups -OCH3 is 1. The fourth-order valence-electron chi connectivity index (χ4n) is 9.74. The number of carbonyl (C=O) groups is 4. The highest BCUT2D eigenvalue weighted by Crippen LogP contribution is 2.69. The first kappa shape index (κ1) is 41.7. The van der Waals surface area contributed by atoms with E-state index in [1.54, 1.807) is 20.8 Å². The summed E-state index contributed by atoms with van der Waals surface area (Å²) in [5, 5.41) is 0. The van der Waals surface area contributed by atoms with E-state index >= 15 is 0 Å². The molecule has 0 saturated heterocycles.